The Morgan fingerprint density at radius 1 is 1.24 bits per heavy atom. The van der Waals surface area contributed by atoms with Crippen molar-refractivity contribution in [3.05, 3.63) is 23.3 Å². The number of carbonyl (C=O) groups excluding carboxylic acids is 1. The number of carbonyl (C=O) groups is 1. The summed E-state index contributed by atoms with van der Waals surface area (Å²) >= 11 is 0. The van der Waals surface area contributed by atoms with Crippen LogP contribution in [0, 0.1) is 19.8 Å². The summed E-state index contributed by atoms with van der Waals surface area (Å²) in [6.45, 7) is 3.97. The van der Waals surface area contributed by atoms with Crippen LogP contribution < -0.4 is 15.8 Å². The Hall–Kier alpha value is -1.55. The summed E-state index contributed by atoms with van der Waals surface area (Å²) in [5, 5.41) is 3.04. The molecule has 4 nitrogen and oxygen atoms in total. The first-order valence-electron chi connectivity index (χ1n) is 7.75. The smallest absolute Gasteiger partial charge is 0.229 e. The van der Waals surface area contributed by atoms with Gasteiger partial charge in [-0.2, -0.15) is 0 Å². The van der Waals surface area contributed by atoms with Crippen LogP contribution in [0.5, 0.6) is 5.75 Å². The lowest BCUT2D eigenvalue weighted by molar-refractivity contribution is -0.120. The molecule has 0 saturated heterocycles. The minimum absolute atomic E-state index is 0.0276. The lowest BCUT2D eigenvalue weighted by atomic mass is 9.94. The summed E-state index contributed by atoms with van der Waals surface area (Å²) in [5.41, 5.74) is 9.02. The molecule has 2 unspecified atom stereocenters. The van der Waals surface area contributed by atoms with E-state index in [0.717, 1.165) is 48.2 Å². The highest BCUT2D eigenvalue weighted by atomic mass is 16.5. The average molecular weight is 290 g/mol. The van der Waals surface area contributed by atoms with Crippen LogP contribution in [-0.4, -0.2) is 19.1 Å². The van der Waals surface area contributed by atoms with Crippen LogP contribution in [0.1, 0.15) is 43.2 Å². The number of methoxy groups -OCH3 is 1. The largest absolute Gasteiger partial charge is 0.496 e. The Morgan fingerprint density at radius 2 is 1.95 bits per heavy atom. The number of ether oxygens (including phenoxy) is 1. The van der Waals surface area contributed by atoms with Crippen molar-refractivity contribution in [3.8, 4) is 5.75 Å². The normalized spacial score (nSPS) is 22.5. The molecule has 1 aliphatic rings. The van der Waals surface area contributed by atoms with Crippen molar-refractivity contribution in [2.24, 2.45) is 11.7 Å². The van der Waals surface area contributed by atoms with Gasteiger partial charge in [0.25, 0.3) is 0 Å². The van der Waals surface area contributed by atoms with Gasteiger partial charge in [-0.1, -0.05) is 25.3 Å². The van der Waals surface area contributed by atoms with E-state index in [2.05, 4.69) is 5.32 Å². The summed E-state index contributed by atoms with van der Waals surface area (Å²) in [4.78, 5) is 12.5. The van der Waals surface area contributed by atoms with Crippen molar-refractivity contribution < 1.29 is 9.53 Å². The lowest BCUT2D eigenvalue weighted by Crippen LogP contribution is -2.37. The van der Waals surface area contributed by atoms with Gasteiger partial charge in [0.15, 0.2) is 0 Å². The van der Waals surface area contributed by atoms with Gasteiger partial charge in [-0.15, -0.1) is 0 Å². The van der Waals surface area contributed by atoms with Gasteiger partial charge in [0.2, 0.25) is 5.91 Å². The fraction of sp³-hybridized carbons (Fsp3) is 0.588. The summed E-state index contributed by atoms with van der Waals surface area (Å²) in [5.74, 6) is 0.788. The van der Waals surface area contributed by atoms with Gasteiger partial charge in [0, 0.05) is 17.3 Å². The second kappa shape index (κ2) is 6.94. The van der Waals surface area contributed by atoms with Gasteiger partial charge >= 0.3 is 0 Å². The average Bonchev–Trinajstić information content (AvgIpc) is 2.67. The molecule has 1 saturated carbocycles. The first-order valence-corrected chi connectivity index (χ1v) is 7.75. The van der Waals surface area contributed by atoms with E-state index < -0.39 is 0 Å². The SMILES string of the molecule is COc1c(C)ccc(NC(=O)C2CCCCCC2N)c1C. The van der Waals surface area contributed by atoms with Crippen LogP contribution in [0.25, 0.3) is 0 Å². The molecule has 21 heavy (non-hydrogen) atoms. The molecule has 0 aliphatic heterocycles. The van der Waals surface area contributed by atoms with Gasteiger partial charge in [-0.3, -0.25) is 4.79 Å². The van der Waals surface area contributed by atoms with Gasteiger partial charge in [0.1, 0.15) is 5.75 Å². The summed E-state index contributed by atoms with van der Waals surface area (Å²) in [6, 6.07) is 3.88. The number of rotatable bonds is 3. The van der Waals surface area contributed by atoms with Crippen LogP contribution in [0.2, 0.25) is 0 Å². The van der Waals surface area contributed by atoms with Crippen molar-refractivity contribution >= 4 is 11.6 Å². The van der Waals surface area contributed by atoms with Gasteiger partial charge < -0.3 is 15.8 Å². The maximum Gasteiger partial charge on any atom is 0.229 e. The van der Waals surface area contributed by atoms with E-state index in [0.29, 0.717) is 0 Å². The van der Waals surface area contributed by atoms with E-state index in [-0.39, 0.29) is 17.9 Å². The quantitative estimate of drug-likeness (QED) is 0.840. The van der Waals surface area contributed by atoms with Gasteiger partial charge in [0.05, 0.1) is 13.0 Å². The van der Waals surface area contributed by atoms with E-state index in [9.17, 15) is 4.79 Å². The molecule has 3 N–H and O–H groups in total. The van der Waals surface area contributed by atoms with Crippen LogP contribution in [0.4, 0.5) is 5.69 Å². The highest BCUT2D eigenvalue weighted by Gasteiger charge is 2.27. The first kappa shape index (κ1) is 15.8. The van der Waals surface area contributed by atoms with Crippen molar-refractivity contribution in [2.45, 2.75) is 52.0 Å². The molecule has 0 bridgehead atoms. The molecule has 0 heterocycles. The summed E-state index contributed by atoms with van der Waals surface area (Å²) in [7, 11) is 1.65. The molecule has 4 heteroatoms. The molecule has 0 aromatic heterocycles. The second-order valence-corrected chi connectivity index (χ2v) is 5.99. The maximum atomic E-state index is 12.5. The van der Waals surface area contributed by atoms with Gasteiger partial charge in [-0.25, -0.2) is 0 Å². The highest BCUT2D eigenvalue weighted by Crippen LogP contribution is 2.30. The Kier molecular flexibility index (Phi) is 5.23. The second-order valence-electron chi connectivity index (χ2n) is 5.99. The fourth-order valence-electron chi connectivity index (χ4n) is 3.16. The first-order chi connectivity index (χ1) is 10.0. The number of benzene rings is 1. The molecule has 116 valence electrons. The molecule has 1 fully saturated rings. The van der Waals surface area contributed by atoms with Crippen LogP contribution in [0.15, 0.2) is 12.1 Å². The zero-order valence-corrected chi connectivity index (χ0v) is 13.2. The molecule has 0 radical (unpaired) electrons. The molecular weight excluding hydrogens is 264 g/mol. The highest BCUT2D eigenvalue weighted by molar-refractivity contribution is 5.94. The Morgan fingerprint density at radius 3 is 2.67 bits per heavy atom. The number of hydrogen-bond donors (Lipinski definition) is 2. The molecular formula is C17H26N2O2. The minimum atomic E-state index is -0.0841. The van der Waals surface area contributed by atoms with Crippen molar-refractivity contribution in [1.29, 1.82) is 0 Å². The van der Waals surface area contributed by atoms with Crippen molar-refractivity contribution in [2.75, 3.05) is 12.4 Å². The molecule has 1 amide bonds. The monoisotopic (exact) mass is 290 g/mol. The predicted molar refractivity (Wildman–Crippen MR) is 85.6 cm³/mol. The zero-order chi connectivity index (χ0) is 15.4. The lowest BCUT2D eigenvalue weighted by Gasteiger charge is -2.22. The van der Waals surface area contributed by atoms with E-state index >= 15 is 0 Å². The maximum absolute atomic E-state index is 12.5. The van der Waals surface area contributed by atoms with Crippen LogP contribution in [0.3, 0.4) is 0 Å². The van der Waals surface area contributed by atoms with E-state index in [1.54, 1.807) is 7.11 Å². The van der Waals surface area contributed by atoms with Crippen molar-refractivity contribution in [3.63, 3.8) is 0 Å². The number of nitrogens with one attached hydrogen (secondary N) is 1. The standard InChI is InChI=1S/C17H26N2O2/c1-11-9-10-15(12(2)16(11)21-3)19-17(20)13-7-5-4-6-8-14(13)18/h9-10,13-14H,4-8,18H2,1-3H3,(H,19,20). The molecule has 0 spiro atoms. The number of anilines is 1. The Labute approximate surface area is 127 Å². The predicted octanol–water partition coefficient (Wildman–Crippen LogP) is 3.16. The van der Waals surface area contributed by atoms with Crippen LogP contribution >= 0.6 is 0 Å². The topological polar surface area (TPSA) is 64.3 Å². The summed E-state index contributed by atoms with van der Waals surface area (Å²) in [6.07, 6.45) is 5.21. The molecule has 2 atom stereocenters. The van der Waals surface area contributed by atoms with E-state index in [4.69, 9.17) is 10.5 Å². The number of aryl methyl sites for hydroxylation is 1. The number of nitrogens with two attached hydrogens (primary N) is 1. The fourth-order valence-corrected chi connectivity index (χ4v) is 3.16. The third-order valence-electron chi connectivity index (χ3n) is 4.47. The minimum Gasteiger partial charge on any atom is -0.496 e. The third-order valence-corrected chi connectivity index (χ3v) is 4.47. The zero-order valence-electron chi connectivity index (χ0n) is 13.2. The molecule has 1 aromatic rings. The summed E-state index contributed by atoms with van der Waals surface area (Å²) < 4.78 is 5.41. The van der Waals surface area contributed by atoms with Crippen LogP contribution in [-0.2, 0) is 4.79 Å². The number of amides is 1. The third kappa shape index (κ3) is 3.56. The molecule has 1 aromatic carbocycles. The van der Waals surface area contributed by atoms with Crippen molar-refractivity contribution in [1.82, 2.24) is 0 Å². The Balaban J connectivity index is 2.15. The van der Waals surface area contributed by atoms with E-state index in [1.165, 1.54) is 6.42 Å². The number of hydrogen-bond acceptors (Lipinski definition) is 3. The molecule has 1 aliphatic carbocycles. The Bertz CT molecular complexity index is 514. The molecule has 2 rings (SSSR count). The van der Waals surface area contributed by atoms with E-state index in [1.807, 2.05) is 26.0 Å². The van der Waals surface area contributed by atoms with Gasteiger partial charge in [-0.05, 0) is 38.3 Å².